The topological polar surface area (TPSA) is 6.48 Å². The maximum atomic E-state index is 12.2. The predicted molar refractivity (Wildman–Crippen MR) is 52.2 cm³/mol. The third kappa shape index (κ3) is 5.86. The molecule has 1 aliphatic rings. The second kappa shape index (κ2) is 6.78. The summed E-state index contributed by atoms with van der Waals surface area (Å²) in [4.78, 5) is 3.91. The molecule has 1 heterocycles. The van der Waals surface area contributed by atoms with Gasteiger partial charge in [-0.1, -0.05) is 0 Å². The Morgan fingerprint density at radius 2 is 1.67 bits per heavy atom. The number of nitrogens with zero attached hydrogens (tertiary/aromatic N) is 2. The maximum absolute atomic E-state index is 12.2. The van der Waals surface area contributed by atoms with Crippen LogP contribution < -0.4 is 51.4 Å². The fourth-order valence-corrected chi connectivity index (χ4v) is 1.40. The number of halogens is 3. The molecule has 1 rings (SSSR count). The van der Waals surface area contributed by atoms with Crippen molar-refractivity contribution in [2.45, 2.75) is 0 Å². The molecule has 15 heavy (non-hydrogen) atoms. The molecule has 0 unspecified atom stereocenters. The standard InChI is InChI=1S/C8H15BF3N2.K/c1-8(9(10,11)12)7-14-5-3-13(2)4-6-14;/h1,3-7H2,2H3;/q-1;+1. The van der Waals surface area contributed by atoms with Gasteiger partial charge in [0.2, 0.25) is 0 Å². The minimum Gasteiger partial charge on any atom is -0.445 e. The van der Waals surface area contributed by atoms with E-state index < -0.39 is 12.4 Å². The first kappa shape index (κ1) is 16.2. The number of likely N-dealkylation sites (N-methyl/N-ethyl adjacent to an activating group) is 1. The van der Waals surface area contributed by atoms with Gasteiger partial charge in [-0.2, -0.15) is 0 Å². The molecular weight excluding hydrogens is 231 g/mol. The molecular formula is C8H15BF3KN2. The molecule has 0 N–H and O–H groups in total. The molecule has 82 valence electrons. The van der Waals surface area contributed by atoms with Gasteiger partial charge in [0.15, 0.2) is 0 Å². The van der Waals surface area contributed by atoms with Gasteiger partial charge in [-0.05, 0) is 13.6 Å². The molecule has 0 amide bonds. The van der Waals surface area contributed by atoms with E-state index in [0.29, 0.717) is 13.1 Å². The predicted octanol–water partition coefficient (Wildman–Crippen LogP) is -1.82. The zero-order valence-corrected chi connectivity index (χ0v) is 12.5. The van der Waals surface area contributed by atoms with E-state index >= 15 is 0 Å². The Morgan fingerprint density at radius 3 is 2.07 bits per heavy atom. The van der Waals surface area contributed by atoms with Gasteiger partial charge in [0.25, 0.3) is 0 Å². The Labute approximate surface area is 131 Å². The van der Waals surface area contributed by atoms with Crippen molar-refractivity contribution in [2.75, 3.05) is 39.8 Å². The van der Waals surface area contributed by atoms with E-state index in [1.54, 1.807) is 4.90 Å². The van der Waals surface area contributed by atoms with E-state index in [2.05, 4.69) is 11.5 Å². The Hall–Kier alpha value is 1.15. The zero-order chi connectivity index (χ0) is 10.8. The second-order valence-corrected chi connectivity index (χ2v) is 3.81. The summed E-state index contributed by atoms with van der Waals surface area (Å²) in [5, 5.41) is 0. The molecule has 0 atom stereocenters. The fourth-order valence-electron chi connectivity index (χ4n) is 1.40. The van der Waals surface area contributed by atoms with Crippen molar-refractivity contribution in [3.63, 3.8) is 0 Å². The van der Waals surface area contributed by atoms with E-state index in [9.17, 15) is 12.9 Å². The Kier molecular flexibility index (Phi) is 7.30. The third-order valence-corrected chi connectivity index (χ3v) is 2.49. The van der Waals surface area contributed by atoms with Crippen LogP contribution in [-0.2, 0) is 0 Å². The first-order valence-electron chi connectivity index (χ1n) is 4.68. The van der Waals surface area contributed by atoms with Crippen molar-refractivity contribution >= 4 is 6.98 Å². The summed E-state index contributed by atoms with van der Waals surface area (Å²) < 4.78 is 36.6. The molecule has 7 heteroatoms. The fraction of sp³-hybridized carbons (Fsp3) is 0.750. The molecule has 0 bridgehead atoms. The number of hydrogen-bond donors (Lipinski definition) is 0. The van der Waals surface area contributed by atoms with Crippen LogP contribution in [0.15, 0.2) is 12.1 Å². The van der Waals surface area contributed by atoms with Gasteiger partial charge in [0.05, 0.1) is 0 Å². The average Bonchev–Trinajstić information content (AvgIpc) is 2.07. The minimum atomic E-state index is -4.86. The Morgan fingerprint density at radius 1 is 1.20 bits per heavy atom. The van der Waals surface area contributed by atoms with Gasteiger partial charge in [0.1, 0.15) is 0 Å². The normalized spacial score (nSPS) is 19.7. The number of rotatable bonds is 3. The van der Waals surface area contributed by atoms with Crippen molar-refractivity contribution in [3.8, 4) is 0 Å². The van der Waals surface area contributed by atoms with Gasteiger partial charge in [-0.3, -0.25) is 4.90 Å². The van der Waals surface area contributed by atoms with E-state index in [1.165, 1.54) is 0 Å². The van der Waals surface area contributed by atoms with Gasteiger partial charge < -0.3 is 17.8 Å². The molecule has 0 aromatic rings. The van der Waals surface area contributed by atoms with E-state index in [-0.39, 0.29) is 57.9 Å². The van der Waals surface area contributed by atoms with Crippen LogP contribution in [0.2, 0.25) is 0 Å². The van der Waals surface area contributed by atoms with Crippen LogP contribution in [0.3, 0.4) is 0 Å². The van der Waals surface area contributed by atoms with Gasteiger partial charge in [-0.15, -0.1) is 12.1 Å². The minimum absolute atomic E-state index is 0. The largest absolute Gasteiger partial charge is 1.00 e. The molecule has 1 saturated heterocycles. The summed E-state index contributed by atoms with van der Waals surface area (Å²) in [5.41, 5.74) is -0.588. The first-order valence-corrected chi connectivity index (χ1v) is 4.68. The average molecular weight is 246 g/mol. The third-order valence-electron chi connectivity index (χ3n) is 2.49. The molecule has 0 spiro atoms. The summed E-state index contributed by atoms with van der Waals surface area (Å²) >= 11 is 0. The second-order valence-electron chi connectivity index (χ2n) is 3.81. The molecule has 0 aromatic carbocycles. The van der Waals surface area contributed by atoms with Crippen LogP contribution in [-0.4, -0.2) is 56.5 Å². The van der Waals surface area contributed by atoms with Crippen molar-refractivity contribution in [1.29, 1.82) is 0 Å². The SMILES string of the molecule is C=C(CN1CCN(C)CC1)[B-](F)(F)F.[K+]. The van der Waals surface area contributed by atoms with Gasteiger partial charge in [-0.25, -0.2) is 0 Å². The van der Waals surface area contributed by atoms with E-state index in [4.69, 9.17) is 0 Å². The first-order chi connectivity index (χ1) is 6.39. The van der Waals surface area contributed by atoms with Crippen molar-refractivity contribution in [3.05, 3.63) is 12.1 Å². The van der Waals surface area contributed by atoms with Crippen molar-refractivity contribution in [2.24, 2.45) is 0 Å². The molecule has 0 aliphatic carbocycles. The van der Waals surface area contributed by atoms with Crippen LogP contribution in [0.25, 0.3) is 0 Å². The summed E-state index contributed by atoms with van der Waals surface area (Å²) in [7, 11) is 1.97. The number of piperazine rings is 1. The van der Waals surface area contributed by atoms with Crippen LogP contribution in [0.4, 0.5) is 12.9 Å². The van der Waals surface area contributed by atoms with E-state index in [0.717, 1.165) is 13.1 Å². The molecule has 1 aliphatic heterocycles. The zero-order valence-electron chi connectivity index (χ0n) is 9.35. The van der Waals surface area contributed by atoms with Crippen LogP contribution in [0.5, 0.6) is 0 Å². The Bertz CT molecular complexity index is 214. The summed E-state index contributed by atoms with van der Waals surface area (Å²) in [6.45, 7) is 1.25. The summed E-state index contributed by atoms with van der Waals surface area (Å²) in [6, 6.07) is 0. The van der Waals surface area contributed by atoms with E-state index in [1.807, 2.05) is 7.05 Å². The maximum Gasteiger partial charge on any atom is 1.00 e. The summed E-state index contributed by atoms with van der Waals surface area (Å²) in [5.74, 6) is 0. The van der Waals surface area contributed by atoms with Crippen LogP contribution in [0, 0.1) is 0 Å². The summed E-state index contributed by atoms with van der Waals surface area (Å²) in [6.07, 6.45) is 0. The molecule has 1 fully saturated rings. The van der Waals surface area contributed by atoms with Gasteiger partial charge in [0, 0.05) is 26.2 Å². The monoisotopic (exact) mass is 246 g/mol. The molecule has 0 saturated carbocycles. The quantitative estimate of drug-likeness (QED) is 0.541. The van der Waals surface area contributed by atoms with Crippen LogP contribution in [0.1, 0.15) is 0 Å². The Balaban J connectivity index is 0.00000196. The number of hydrogen-bond acceptors (Lipinski definition) is 2. The van der Waals surface area contributed by atoms with Crippen LogP contribution >= 0.6 is 0 Å². The van der Waals surface area contributed by atoms with Crippen molar-refractivity contribution in [1.82, 2.24) is 9.80 Å². The smallest absolute Gasteiger partial charge is 0.445 e. The molecule has 2 nitrogen and oxygen atoms in total. The molecule has 0 aromatic heterocycles. The van der Waals surface area contributed by atoms with Gasteiger partial charge >= 0.3 is 58.4 Å². The van der Waals surface area contributed by atoms with Crippen molar-refractivity contribution < 1.29 is 64.3 Å². The molecule has 0 radical (unpaired) electrons.